The highest BCUT2D eigenvalue weighted by molar-refractivity contribution is 9.10. The molecule has 0 bridgehead atoms. The second-order valence-electron chi connectivity index (χ2n) is 8.66. The molecule has 2 heterocycles. The minimum Gasteiger partial charge on any atom is -0.309 e. The molecule has 2 aromatic heterocycles. The number of fused-ring (bicyclic) bond motifs is 6. The molecule has 0 unspecified atom stereocenters. The molecule has 0 amide bonds. The highest BCUT2D eigenvalue weighted by atomic mass is 79.9. The fraction of sp³-hybridized carbons (Fsp3) is 0. The Labute approximate surface area is 206 Å². The SMILES string of the molecule is [B]c1ccc(-n2c3ccccc3c3cc4c5ccccc5n(-c5ccc(Br)cc5)c4cc32)cc1. The van der Waals surface area contributed by atoms with Crippen molar-refractivity contribution in [2.24, 2.45) is 0 Å². The summed E-state index contributed by atoms with van der Waals surface area (Å²) < 4.78 is 5.78. The van der Waals surface area contributed by atoms with Gasteiger partial charge in [-0.1, -0.05) is 69.9 Å². The van der Waals surface area contributed by atoms with Crippen molar-refractivity contribution in [3.63, 3.8) is 0 Å². The average molecular weight is 497 g/mol. The molecule has 5 aromatic carbocycles. The van der Waals surface area contributed by atoms with Gasteiger partial charge in [-0.15, -0.1) is 0 Å². The summed E-state index contributed by atoms with van der Waals surface area (Å²) in [4.78, 5) is 0. The maximum Gasteiger partial charge on any atom is 0.113 e. The predicted octanol–water partition coefficient (Wildman–Crippen LogP) is 7.44. The summed E-state index contributed by atoms with van der Waals surface area (Å²) in [5.41, 5.74) is 7.78. The summed E-state index contributed by atoms with van der Waals surface area (Å²) in [6.45, 7) is 0. The van der Waals surface area contributed by atoms with Gasteiger partial charge in [0.25, 0.3) is 0 Å². The quantitative estimate of drug-likeness (QED) is 0.220. The molecular formula is C30H18BBrN2. The van der Waals surface area contributed by atoms with E-state index in [9.17, 15) is 0 Å². The van der Waals surface area contributed by atoms with E-state index in [1.807, 2.05) is 12.1 Å². The number of para-hydroxylation sites is 2. The number of hydrogen-bond donors (Lipinski definition) is 0. The Kier molecular flexibility index (Phi) is 4.27. The summed E-state index contributed by atoms with van der Waals surface area (Å²) in [5.74, 6) is 0. The second kappa shape index (κ2) is 7.38. The van der Waals surface area contributed by atoms with Crippen molar-refractivity contribution in [2.45, 2.75) is 0 Å². The first-order valence-electron chi connectivity index (χ1n) is 11.3. The normalized spacial score (nSPS) is 11.8. The fourth-order valence-electron chi connectivity index (χ4n) is 5.20. The highest BCUT2D eigenvalue weighted by Crippen LogP contribution is 2.39. The van der Waals surface area contributed by atoms with Gasteiger partial charge in [0.2, 0.25) is 0 Å². The lowest BCUT2D eigenvalue weighted by Crippen LogP contribution is -2.02. The Hall–Kier alpha value is -3.76. The number of nitrogens with zero attached hydrogens (tertiary/aromatic N) is 2. The van der Waals surface area contributed by atoms with Crippen LogP contribution in [-0.4, -0.2) is 17.0 Å². The Morgan fingerprint density at radius 1 is 0.471 bits per heavy atom. The molecule has 0 spiro atoms. The zero-order valence-electron chi connectivity index (χ0n) is 18.2. The third kappa shape index (κ3) is 2.82. The summed E-state index contributed by atoms with van der Waals surface area (Å²) in [7, 11) is 6.00. The van der Waals surface area contributed by atoms with E-state index in [0.29, 0.717) is 0 Å². The molecule has 0 saturated carbocycles. The molecule has 0 aliphatic carbocycles. The van der Waals surface area contributed by atoms with Crippen LogP contribution in [0.25, 0.3) is 55.0 Å². The van der Waals surface area contributed by atoms with E-state index in [2.05, 4.69) is 122 Å². The van der Waals surface area contributed by atoms with Crippen LogP contribution in [-0.2, 0) is 0 Å². The Morgan fingerprint density at radius 2 is 0.941 bits per heavy atom. The van der Waals surface area contributed by atoms with Crippen LogP contribution < -0.4 is 5.46 Å². The molecule has 0 N–H and O–H groups in total. The molecule has 2 nitrogen and oxygen atoms in total. The van der Waals surface area contributed by atoms with Gasteiger partial charge in [-0.2, -0.15) is 0 Å². The van der Waals surface area contributed by atoms with Crippen molar-refractivity contribution < 1.29 is 0 Å². The van der Waals surface area contributed by atoms with E-state index < -0.39 is 0 Å². The van der Waals surface area contributed by atoms with E-state index in [1.54, 1.807) is 0 Å². The van der Waals surface area contributed by atoms with Crippen molar-refractivity contribution in [1.82, 2.24) is 9.13 Å². The van der Waals surface area contributed by atoms with Crippen LogP contribution in [0.15, 0.2) is 114 Å². The zero-order valence-corrected chi connectivity index (χ0v) is 19.8. The molecular weight excluding hydrogens is 479 g/mol. The molecule has 7 aromatic rings. The van der Waals surface area contributed by atoms with E-state index in [-0.39, 0.29) is 0 Å². The Bertz CT molecular complexity index is 1720. The van der Waals surface area contributed by atoms with Crippen molar-refractivity contribution in [1.29, 1.82) is 0 Å². The van der Waals surface area contributed by atoms with Crippen molar-refractivity contribution in [3.8, 4) is 11.4 Å². The van der Waals surface area contributed by atoms with Crippen molar-refractivity contribution in [3.05, 3.63) is 114 Å². The topological polar surface area (TPSA) is 9.86 Å². The van der Waals surface area contributed by atoms with Crippen LogP contribution in [0, 0.1) is 0 Å². The van der Waals surface area contributed by atoms with E-state index in [4.69, 9.17) is 7.85 Å². The van der Waals surface area contributed by atoms with Gasteiger partial charge in [0.05, 0.1) is 22.1 Å². The summed E-state index contributed by atoms with van der Waals surface area (Å²) in [6, 6.07) is 38.6. The van der Waals surface area contributed by atoms with Gasteiger partial charge in [-0.25, -0.2) is 0 Å². The number of rotatable bonds is 2. The lowest BCUT2D eigenvalue weighted by atomic mass is 9.96. The molecule has 0 atom stereocenters. The van der Waals surface area contributed by atoms with E-state index in [0.717, 1.165) is 21.3 Å². The predicted molar refractivity (Wildman–Crippen MR) is 148 cm³/mol. The molecule has 34 heavy (non-hydrogen) atoms. The first-order valence-corrected chi connectivity index (χ1v) is 12.1. The summed E-state index contributed by atoms with van der Waals surface area (Å²) in [6.07, 6.45) is 0. The minimum atomic E-state index is 0.766. The lowest BCUT2D eigenvalue weighted by molar-refractivity contribution is 1.16. The molecule has 0 aliphatic rings. The first kappa shape index (κ1) is 19.7. The van der Waals surface area contributed by atoms with Gasteiger partial charge in [0.1, 0.15) is 7.85 Å². The average Bonchev–Trinajstić information content (AvgIpc) is 3.36. The lowest BCUT2D eigenvalue weighted by Gasteiger charge is -2.10. The first-order chi connectivity index (χ1) is 16.7. The molecule has 0 aliphatic heterocycles. The van der Waals surface area contributed by atoms with Gasteiger partial charge in [0.15, 0.2) is 0 Å². The number of hydrogen-bond acceptors (Lipinski definition) is 0. The molecule has 158 valence electrons. The molecule has 7 rings (SSSR count). The van der Waals surface area contributed by atoms with E-state index >= 15 is 0 Å². The zero-order chi connectivity index (χ0) is 22.8. The van der Waals surface area contributed by atoms with Crippen LogP contribution in [0.1, 0.15) is 0 Å². The standard InChI is InChI=1S/C30H18BBrN2/c31-19-9-13-21(14-10-19)33-27-7-3-1-5-23(27)25-17-26-24-6-2-4-8-28(24)34(30(26)18-29(25)33)22-15-11-20(32)12-16-22/h1-18H. The van der Waals surface area contributed by atoms with Crippen LogP contribution in [0.4, 0.5) is 0 Å². The molecule has 0 saturated heterocycles. The van der Waals surface area contributed by atoms with Crippen molar-refractivity contribution >= 4 is 72.9 Å². The Balaban J connectivity index is 1.67. The van der Waals surface area contributed by atoms with Crippen LogP contribution in [0.5, 0.6) is 0 Å². The fourth-order valence-corrected chi connectivity index (χ4v) is 5.47. The maximum atomic E-state index is 6.00. The Morgan fingerprint density at radius 3 is 1.47 bits per heavy atom. The summed E-state index contributed by atoms with van der Waals surface area (Å²) >= 11 is 3.58. The van der Waals surface area contributed by atoms with Gasteiger partial charge in [-0.3, -0.25) is 0 Å². The third-order valence-corrected chi connectivity index (χ3v) is 7.23. The van der Waals surface area contributed by atoms with Crippen molar-refractivity contribution in [2.75, 3.05) is 0 Å². The number of halogens is 1. The van der Waals surface area contributed by atoms with Gasteiger partial charge in [-0.05, 0) is 60.7 Å². The molecule has 0 fully saturated rings. The van der Waals surface area contributed by atoms with Gasteiger partial charge < -0.3 is 9.13 Å². The highest BCUT2D eigenvalue weighted by Gasteiger charge is 2.18. The smallest absolute Gasteiger partial charge is 0.113 e. The molecule has 4 heteroatoms. The largest absolute Gasteiger partial charge is 0.309 e. The van der Waals surface area contributed by atoms with Crippen LogP contribution in [0.3, 0.4) is 0 Å². The monoisotopic (exact) mass is 496 g/mol. The maximum absolute atomic E-state index is 6.00. The second-order valence-corrected chi connectivity index (χ2v) is 9.58. The van der Waals surface area contributed by atoms with Crippen LogP contribution >= 0.6 is 15.9 Å². The third-order valence-electron chi connectivity index (χ3n) is 6.70. The number of aromatic nitrogens is 2. The minimum absolute atomic E-state index is 0.766. The van der Waals surface area contributed by atoms with Gasteiger partial charge >= 0.3 is 0 Å². The van der Waals surface area contributed by atoms with E-state index in [1.165, 1.54) is 43.6 Å². The van der Waals surface area contributed by atoms with Gasteiger partial charge in [0, 0.05) is 37.4 Å². The molecule has 2 radical (unpaired) electrons. The van der Waals surface area contributed by atoms with Crippen LogP contribution in [0.2, 0.25) is 0 Å². The summed E-state index contributed by atoms with van der Waals surface area (Å²) in [5, 5.41) is 5.01. The number of benzene rings is 5.